The van der Waals surface area contributed by atoms with Crippen molar-refractivity contribution in [2.75, 3.05) is 32.8 Å². The molecule has 1 aromatic heterocycles. The minimum absolute atomic E-state index is 0.0424. The average Bonchev–Trinajstić information content (AvgIpc) is 3.03. The highest BCUT2D eigenvalue weighted by Crippen LogP contribution is 2.21. The summed E-state index contributed by atoms with van der Waals surface area (Å²) < 4.78 is 5.45. The monoisotopic (exact) mass is 331 g/mol. The highest BCUT2D eigenvalue weighted by Gasteiger charge is 2.23. The van der Waals surface area contributed by atoms with Crippen LogP contribution < -0.4 is 5.32 Å². The van der Waals surface area contributed by atoms with Gasteiger partial charge in [0, 0.05) is 19.6 Å². The van der Waals surface area contributed by atoms with E-state index in [-0.39, 0.29) is 11.9 Å². The van der Waals surface area contributed by atoms with E-state index in [0.29, 0.717) is 11.4 Å². The van der Waals surface area contributed by atoms with Crippen LogP contribution in [0, 0.1) is 6.92 Å². The summed E-state index contributed by atoms with van der Waals surface area (Å²) in [6.45, 7) is 5.70. The number of nitrogens with one attached hydrogen (secondary N) is 1. The summed E-state index contributed by atoms with van der Waals surface area (Å²) in [5, 5.41) is 3.07. The zero-order valence-electron chi connectivity index (χ0n) is 13.2. The largest absolute Gasteiger partial charge is 0.379 e. The van der Waals surface area contributed by atoms with E-state index in [9.17, 15) is 4.79 Å². The molecular formula is C17H21N3O2S. The van der Waals surface area contributed by atoms with Crippen molar-refractivity contribution in [1.82, 2.24) is 15.2 Å². The standard InChI is InChI=1S/C17H21N3O2S/c1-13-16(23-12-19-13)17(21)18-11-15(14-5-3-2-4-6-14)20-7-9-22-10-8-20/h2-6,12,15H,7-11H2,1H3,(H,18,21)/t15-/m0/s1. The first-order valence-corrected chi connectivity index (χ1v) is 8.68. The van der Waals surface area contributed by atoms with Gasteiger partial charge in [0.1, 0.15) is 4.88 Å². The number of benzene rings is 1. The van der Waals surface area contributed by atoms with Gasteiger partial charge in [0.2, 0.25) is 0 Å². The molecule has 0 bridgehead atoms. The number of hydrogen-bond donors (Lipinski definition) is 1. The van der Waals surface area contributed by atoms with Gasteiger partial charge in [-0.1, -0.05) is 30.3 Å². The van der Waals surface area contributed by atoms with Gasteiger partial charge in [0.05, 0.1) is 30.5 Å². The zero-order chi connectivity index (χ0) is 16.1. The molecule has 6 heteroatoms. The number of nitrogens with zero attached hydrogens (tertiary/aromatic N) is 2. The number of rotatable bonds is 5. The van der Waals surface area contributed by atoms with Crippen LogP contribution in [-0.2, 0) is 4.74 Å². The molecule has 1 fully saturated rings. The molecule has 0 saturated carbocycles. The van der Waals surface area contributed by atoms with Gasteiger partial charge in [0.25, 0.3) is 5.91 Å². The van der Waals surface area contributed by atoms with Crippen LogP contribution in [0.3, 0.4) is 0 Å². The summed E-state index contributed by atoms with van der Waals surface area (Å²) in [6, 6.07) is 10.5. The van der Waals surface area contributed by atoms with Gasteiger partial charge in [-0.05, 0) is 12.5 Å². The Labute approximate surface area is 140 Å². The Balaban J connectivity index is 1.71. The molecule has 1 aromatic carbocycles. The minimum Gasteiger partial charge on any atom is -0.379 e. The molecule has 1 atom stereocenters. The third kappa shape index (κ3) is 3.96. The zero-order valence-corrected chi connectivity index (χ0v) is 14.0. The minimum atomic E-state index is -0.0424. The highest BCUT2D eigenvalue weighted by molar-refractivity contribution is 7.11. The van der Waals surface area contributed by atoms with E-state index in [2.05, 4.69) is 27.3 Å². The topological polar surface area (TPSA) is 54.5 Å². The molecule has 2 aromatic rings. The maximum Gasteiger partial charge on any atom is 0.263 e. The van der Waals surface area contributed by atoms with Crippen molar-refractivity contribution in [3.63, 3.8) is 0 Å². The Morgan fingerprint density at radius 2 is 2.09 bits per heavy atom. The first-order valence-electron chi connectivity index (χ1n) is 7.80. The van der Waals surface area contributed by atoms with Crippen molar-refractivity contribution in [2.45, 2.75) is 13.0 Å². The summed E-state index contributed by atoms with van der Waals surface area (Å²) in [6.07, 6.45) is 0. The number of aromatic nitrogens is 1. The van der Waals surface area contributed by atoms with Crippen molar-refractivity contribution in [3.05, 3.63) is 52.0 Å². The predicted octanol–water partition coefficient (Wildman–Crippen LogP) is 2.25. The Morgan fingerprint density at radius 3 is 2.74 bits per heavy atom. The molecule has 2 heterocycles. The van der Waals surface area contributed by atoms with E-state index in [1.54, 1.807) is 5.51 Å². The Bertz CT molecular complexity index is 638. The number of aryl methyl sites for hydroxylation is 1. The SMILES string of the molecule is Cc1ncsc1C(=O)NC[C@@H](c1ccccc1)N1CCOCC1. The van der Waals surface area contributed by atoms with Gasteiger partial charge in [-0.15, -0.1) is 11.3 Å². The van der Waals surface area contributed by atoms with Gasteiger partial charge in [-0.3, -0.25) is 9.69 Å². The Morgan fingerprint density at radius 1 is 1.35 bits per heavy atom. The van der Waals surface area contributed by atoms with E-state index >= 15 is 0 Å². The molecular weight excluding hydrogens is 310 g/mol. The molecule has 122 valence electrons. The first kappa shape index (κ1) is 16.1. The number of thiazole rings is 1. The van der Waals surface area contributed by atoms with Crippen LogP contribution in [-0.4, -0.2) is 48.6 Å². The van der Waals surface area contributed by atoms with Gasteiger partial charge < -0.3 is 10.1 Å². The molecule has 0 aliphatic carbocycles. The third-order valence-corrected chi connectivity index (χ3v) is 5.01. The first-order chi connectivity index (χ1) is 11.3. The van der Waals surface area contributed by atoms with Crippen LogP contribution >= 0.6 is 11.3 Å². The van der Waals surface area contributed by atoms with E-state index in [4.69, 9.17) is 4.74 Å². The molecule has 0 unspecified atom stereocenters. The van der Waals surface area contributed by atoms with Gasteiger partial charge in [-0.25, -0.2) is 4.98 Å². The average molecular weight is 331 g/mol. The van der Waals surface area contributed by atoms with Gasteiger partial charge in [-0.2, -0.15) is 0 Å². The van der Waals surface area contributed by atoms with Crippen molar-refractivity contribution in [1.29, 1.82) is 0 Å². The molecule has 1 amide bonds. The number of carbonyl (C=O) groups excluding carboxylic acids is 1. The predicted molar refractivity (Wildman–Crippen MR) is 90.8 cm³/mol. The molecule has 0 radical (unpaired) electrons. The number of morpholine rings is 1. The lowest BCUT2D eigenvalue weighted by atomic mass is 10.0. The maximum absolute atomic E-state index is 12.4. The third-order valence-electron chi connectivity index (χ3n) is 4.08. The summed E-state index contributed by atoms with van der Waals surface area (Å²) in [5.41, 5.74) is 3.71. The van der Waals surface area contributed by atoms with Gasteiger partial charge >= 0.3 is 0 Å². The van der Waals surface area contributed by atoms with Crippen LogP contribution in [0.4, 0.5) is 0 Å². The molecule has 1 N–H and O–H groups in total. The van der Waals surface area contributed by atoms with Crippen molar-refractivity contribution < 1.29 is 9.53 Å². The molecule has 3 rings (SSSR count). The summed E-state index contributed by atoms with van der Waals surface area (Å²) >= 11 is 1.38. The lowest BCUT2D eigenvalue weighted by Gasteiger charge is -2.34. The number of amides is 1. The van der Waals surface area contributed by atoms with E-state index in [1.165, 1.54) is 16.9 Å². The summed E-state index contributed by atoms with van der Waals surface area (Å²) in [4.78, 5) is 19.6. The second-order valence-electron chi connectivity index (χ2n) is 5.55. The summed E-state index contributed by atoms with van der Waals surface area (Å²) in [5.74, 6) is -0.0424. The van der Waals surface area contributed by atoms with Crippen LogP contribution in [0.5, 0.6) is 0 Å². The number of ether oxygens (including phenoxy) is 1. The Hall–Kier alpha value is -1.76. The van der Waals surface area contributed by atoms with Crippen LogP contribution in [0.1, 0.15) is 27.0 Å². The van der Waals surface area contributed by atoms with Crippen molar-refractivity contribution in [2.24, 2.45) is 0 Å². The fraction of sp³-hybridized carbons (Fsp3) is 0.412. The number of carbonyl (C=O) groups is 1. The molecule has 23 heavy (non-hydrogen) atoms. The summed E-state index contributed by atoms with van der Waals surface area (Å²) in [7, 11) is 0. The molecule has 1 saturated heterocycles. The van der Waals surface area contributed by atoms with Crippen LogP contribution in [0.25, 0.3) is 0 Å². The fourth-order valence-electron chi connectivity index (χ4n) is 2.81. The lowest BCUT2D eigenvalue weighted by Crippen LogP contribution is -2.43. The molecule has 1 aliphatic rings. The van der Waals surface area contributed by atoms with Crippen LogP contribution in [0.2, 0.25) is 0 Å². The van der Waals surface area contributed by atoms with Crippen molar-refractivity contribution >= 4 is 17.2 Å². The van der Waals surface area contributed by atoms with E-state index in [1.807, 2.05) is 25.1 Å². The van der Waals surface area contributed by atoms with Crippen LogP contribution in [0.15, 0.2) is 35.8 Å². The highest BCUT2D eigenvalue weighted by atomic mass is 32.1. The quantitative estimate of drug-likeness (QED) is 0.913. The van der Waals surface area contributed by atoms with Crippen molar-refractivity contribution in [3.8, 4) is 0 Å². The van der Waals surface area contributed by atoms with Gasteiger partial charge in [0.15, 0.2) is 0 Å². The normalized spacial score (nSPS) is 16.9. The lowest BCUT2D eigenvalue weighted by molar-refractivity contribution is 0.0162. The second kappa shape index (κ2) is 7.68. The second-order valence-corrected chi connectivity index (χ2v) is 6.41. The fourth-order valence-corrected chi connectivity index (χ4v) is 3.53. The molecule has 0 spiro atoms. The maximum atomic E-state index is 12.4. The van der Waals surface area contributed by atoms with E-state index in [0.717, 1.165) is 32.0 Å². The number of hydrogen-bond acceptors (Lipinski definition) is 5. The van der Waals surface area contributed by atoms with E-state index < -0.39 is 0 Å². The molecule has 1 aliphatic heterocycles. The Kier molecular flexibility index (Phi) is 5.38. The molecule has 5 nitrogen and oxygen atoms in total. The smallest absolute Gasteiger partial charge is 0.263 e.